The molecule has 3 aliphatic rings. The topological polar surface area (TPSA) is 58.9 Å². The normalized spacial score (nSPS) is 23.2. The highest BCUT2D eigenvalue weighted by molar-refractivity contribution is 14.1. The lowest BCUT2D eigenvalue weighted by Crippen LogP contribution is -2.45. The average Bonchev–Trinajstić information content (AvgIpc) is 3.45. The molecule has 4 heterocycles. The van der Waals surface area contributed by atoms with Crippen molar-refractivity contribution < 1.29 is 0 Å². The lowest BCUT2D eigenvalue weighted by atomic mass is 9.92. The molecule has 2 aliphatic heterocycles. The maximum absolute atomic E-state index is 5.22. The van der Waals surface area contributed by atoms with Gasteiger partial charge in [0.25, 0.3) is 0 Å². The number of aryl methyl sites for hydroxylation is 2. The van der Waals surface area contributed by atoms with Gasteiger partial charge in [-0.15, -0.1) is 0 Å². The minimum Gasteiger partial charge on any atom is -0.327 e. The molecule has 0 bridgehead atoms. The predicted molar refractivity (Wildman–Crippen MR) is 150 cm³/mol. The van der Waals surface area contributed by atoms with Crippen LogP contribution in [0.1, 0.15) is 61.2 Å². The fourth-order valence-electron chi connectivity index (χ4n) is 5.98. The van der Waals surface area contributed by atoms with Gasteiger partial charge in [-0.05, 0) is 109 Å². The number of nitrogens with one attached hydrogen (secondary N) is 1. The molecule has 1 N–H and O–H groups in total. The van der Waals surface area contributed by atoms with Crippen molar-refractivity contribution in [1.82, 2.24) is 29.7 Å². The highest BCUT2D eigenvalue weighted by atomic mass is 127. The van der Waals surface area contributed by atoms with E-state index in [0.717, 1.165) is 47.4 Å². The molecule has 1 aromatic carbocycles. The number of fused-ring (bicyclic) bond motifs is 2. The van der Waals surface area contributed by atoms with Crippen LogP contribution in [0.15, 0.2) is 24.7 Å². The summed E-state index contributed by atoms with van der Waals surface area (Å²) in [6, 6.07) is 5.37. The number of likely N-dealkylation sites (tertiary alicyclic amines) is 1. The number of hydrogen-bond donors (Lipinski definition) is 1. The zero-order valence-corrected chi connectivity index (χ0v) is 23.0. The van der Waals surface area contributed by atoms with Crippen molar-refractivity contribution in [2.45, 2.75) is 58.0 Å². The first kappa shape index (κ1) is 23.6. The Balaban J connectivity index is 1.31. The van der Waals surface area contributed by atoms with Crippen molar-refractivity contribution in [2.75, 3.05) is 19.6 Å². The Morgan fingerprint density at radius 1 is 1.23 bits per heavy atom. The molecule has 2 aromatic heterocycles. The Morgan fingerprint density at radius 2 is 2.11 bits per heavy atom. The van der Waals surface area contributed by atoms with Crippen molar-refractivity contribution in [3.8, 4) is 0 Å². The molecule has 2 atom stereocenters. The lowest BCUT2D eigenvalue weighted by molar-refractivity contribution is 0.159. The SMILES string of the molecule is Cc1ncncc1/C=C(\CCC1CC1)c1nc2cc(CN3CCC4CCNC4C3)cc(I)c2n1C. The first-order chi connectivity index (χ1) is 17.0. The highest BCUT2D eigenvalue weighted by Gasteiger charge is 2.32. The third-order valence-corrected chi connectivity index (χ3v) is 9.06. The van der Waals surface area contributed by atoms with Gasteiger partial charge in [0.1, 0.15) is 12.2 Å². The summed E-state index contributed by atoms with van der Waals surface area (Å²) in [6.45, 7) is 6.62. The number of allylic oxidation sites excluding steroid dienone is 1. The molecule has 0 spiro atoms. The minimum atomic E-state index is 0.678. The fourth-order valence-corrected chi connectivity index (χ4v) is 7.01. The Kier molecular flexibility index (Phi) is 6.66. The van der Waals surface area contributed by atoms with Crippen LogP contribution in [0.5, 0.6) is 0 Å². The smallest absolute Gasteiger partial charge is 0.136 e. The molecule has 6 rings (SSSR count). The lowest BCUT2D eigenvalue weighted by Gasteiger charge is -2.34. The van der Waals surface area contributed by atoms with Gasteiger partial charge in [0, 0.05) is 47.2 Å². The summed E-state index contributed by atoms with van der Waals surface area (Å²) in [5.41, 5.74) is 7.11. The Labute approximate surface area is 221 Å². The summed E-state index contributed by atoms with van der Waals surface area (Å²) in [5.74, 6) is 2.84. The molecule has 7 heteroatoms. The van der Waals surface area contributed by atoms with Gasteiger partial charge in [0.05, 0.1) is 11.0 Å². The van der Waals surface area contributed by atoms with Crippen LogP contribution in [0, 0.1) is 22.3 Å². The maximum Gasteiger partial charge on any atom is 0.136 e. The number of aromatic nitrogens is 4. The van der Waals surface area contributed by atoms with Crippen LogP contribution in [-0.4, -0.2) is 50.1 Å². The monoisotopic (exact) mass is 582 g/mol. The van der Waals surface area contributed by atoms with Crippen LogP contribution in [-0.2, 0) is 13.6 Å². The number of halogens is 1. The van der Waals surface area contributed by atoms with E-state index >= 15 is 0 Å². The van der Waals surface area contributed by atoms with Crippen LogP contribution in [0.25, 0.3) is 22.7 Å². The predicted octanol–water partition coefficient (Wildman–Crippen LogP) is 5.19. The zero-order chi connectivity index (χ0) is 23.9. The highest BCUT2D eigenvalue weighted by Crippen LogP contribution is 2.37. The van der Waals surface area contributed by atoms with Crippen LogP contribution in [0.2, 0.25) is 0 Å². The Bertz CT molecular complexity index is 1260. The van der Waals surface area contributed by atoms with E-state index in [0.29, 0.717) is 6.04 Å². The van der Waals surface area contributed by atoms with Gasteiger partial charge in [-0.25, -0.2) is 15.0 Å². The van der Waals surface area contributed by atoms with Crippen molar-refractivity contribution in [1.29, 1.82) is 0 Å². The number of nitrogens with zero attached hydrogens (tertiary/aromatic N) is 5. The van der Waals surface area contributed by atoms with Gasteiger partial charge >= 0.3 is 0 Å². The molecule has 2 unspecified atom stereocenters. The number of piperidine rings is 1. The molecular formula is C28H35IN6. The second-order valence-corrected chi connectivity index (χ2v) is 12.0. The van der Waals surface area contributed by atoms with Gasteiger partial charge in [-0.1, -0.05) is 12.8 Å². The number of hydrogen-bond acceptors (Lipinski definition) is 5. The van der Waals surface area contributed by atoms with E-state index in [2.05, 4.69) is 79.5 Å². The second kappa shape index (κ2) is 9.90. The van der Waals surface area contributed by atoms with Crippen molar-refractivity contribution in [3.05, 3.63) is 50.9 Å². The van der Waals surface area contributed by atoms with E-state index in [9.17, 15) is 0 Å². The van der Waals surface area contributed by atoms with E-state index in [1.165, 1.54) is 72.0 Å². The molecule has 0 radical (unpaired) electrons. The molecule has 6 nitrogen and oxygen atoms in total. The van der Waals surface area contributed by atoms with Crippen LogP contribution >= 0.6 is 22.6 Å². The number of benzene rings is 1. The fraction of sp³-hybridized carbons (Fsp3) is 0.536. The standard InChI is InChI=1S/C28H35IN6/c1-18-23(14-30-17-32-18)13-22(6-5-19-3-4-19)28-33-25-12-20(11-24(29)27(25)34(28)2)15-35-10-8-21-7-9-31-26(21)16-35/h11-14,17,19,21,26,31H,3-10,15-16H2,1-2H3/b22-13+. The van der Waals surface area contributed by atoms with Gasteiger partial charge < -0.3 is 9.88 Å². The molecule has 1 aliphatic carbocycles. The third-order valence-electron chi connectivity index (χ3n) is 8.24. The second-order valence-electron chi connectivity index (χ2n) is 10.8. The van der Waals surface area contributed by atoms with E-state index < -0.39 is 0 Å². The van der Waals surface area contributed by atoms with E-state index in [4.69, 9.17) is 4.98 Å². The molecule has 184 valence electrons. The van der Waals surface area contributed by atoms with Crippen LogP contribution < -0.4 is 5.32 Å². The van der Waals surface area contributed by atoms with Gasteiger partial charge in [0.2, 0.25) is 0 Å². The van der Waals surface area contributed by atoms with Crippen molar-refractivity contribution >= 4 is 45.3 Å². The molecule has 0 amide bonds. The summed E-state index contributed by atoms with van der Waals surface area (Å²) in [7, 11) is 2.17. The minimum absolute atomic E-state index is 0.678. The van der Waals surface area contributed by atoms with Crippen molar-refractivity contribution in [3.63, 3.8) is 0 Å². The first-order valence-corrected chi connectivity index (χ1v) is 14.2. The molecule has 35 heavy (non-hydrogen) atoms. The molecular weight excluding hydrogens is 547 g/mol. The Hall–Kier alpha value is -1.84. The van der Waals surface area contributed by atoms with Crippen molar-refractivity contribution in [2.24, 2.45) is 18.9 Å². The van der Waals surface area contributed by atoms with Gasteiger partial charge in [-0.2, -0.15) is 0 Å². The number of imidazole rings is 1. The number of rotatable bonds is 7. The summed E-state index contributed by atoms with van der Waals surface area (Å²) >= 11 is 2.50. The zero-order valence-electron chi connectivity index (χ0n) is 20.8. The average molecular weight is 583 g/mol. The summed E-state index contributed by atoms with van der Waals surface area (Å²) < 4.78 is 3.58. The first-order valence-electron chi connectivity index (χ1n) is 13.1. The quantitative estimate of drug-likeness (QED) is 0.389. The third kappa shape index (κ3) is 5.04. The van der Waals surface area contributed by atoms with E-state index in [1.54, 1.807) is 6.33 Å². The summed E-state index contributed by atoms with van der Waals surface area (Å²) in [5, 5.41) is 3.71. The molecule has 3 aromatic rings. The Morgan fingerprint density at radius 3 is 2.94 bits per heavy atom. The molecule has 1 saturated carbocycles. The largest absolute Gasteiger partial charge is 0.327 e. The van der Waals surface area contributed by atoms with Crippen LogP contribution in [0.4, 0.5) is 0 Å². The van der Waals surface area contributed by atoms with Gasteiger partial charge in [-0.3, -0.25) is 4.90 Å². The van der Waals surface area contributed by atoms with E-state index in [1.807, 2.05) is 6.20 Å². The summed E-state index contributed by atoms with van der Waals surface area (Å²) in [6.07, 6.45) is 13.5. The maximum atomic E-state index is 5.22. The van der Waals surface area contributed by atoms with E-state index in [-0.39, 0.29) is 0 Å². The summed E-state index contributed by atoms with van der Waals surface area (Å²) in [4.78, 5) is 16.5. The van der Waals surface area contributed by atoms with Crippen LogP contribution in [0.3, 0.4) is 0 Å². The molecule has 2 saturated heterocycles. The van der Waals surface area contributed by atoms with Gasteiger partial charge in [0.15, 0.2) is 0 Å². The molecule has 3 fully saturated rings.